The number of aromatic nitrogens is 6. The van der Waals surface area contributed by atoms with Crippen LogP contribution in [-0.4, -0.2) is 53.3 Å². The van der Waals surface area contributed by atoms with Crippen LogP contribution in [0, 0.1) is 13.8 Å². The molecule has 8 nitrogen and oxygen atoms in total. The molecule has 4 heterocycles. The number of hydrogen-bond donors (Lipinski definition) is 0. The minimum absolute atomic E-state index is 0.145. The van der Waals surface area contributed by atoms with Gasteiger partial charge in [-0.2, -0.15) is 10.1 Å². The fourth-order valence-electron chi connectivity index (χ4n) is 3.13. The Bertz CT molecular complexity index is 897. The van der Waals surface area contributed by atoms with Crippen LogP contribution in [0.3, 0.4) is 0 Å². The topological polar surface area (TPSA) is 81.2 Å². The molecule has 124 valence electrons. The summed E-state index contributed by atoms with van der Waals surface area (Å²) in [7, 11) is 0. The average Bonchev–Trinajstić information content (AvgIpc) is 3.21. The minimum atomic E-state index is -0.145. The number of aryl methyl sites for hydroxylation is 2. The summed E-state index contributed by atoms with van der Waals surface area (Å²) in [6.45, 7) is 5.28. The maximum absolute atomic E-state index is 12.8. The van der Waals surface area contributed by atoms with Gasteiger partial charge in [0.05, 0.1) is 12.2 Å². The highest BCUT2D eigenvalue weighted by molar-refractivity contribution is 5.91. The fraction of sp³-hybridized carbons (Fsp3) is 0.438. The molecule has 1 fully saturated rings. The second-order valence-corrected chi connectivity index (χ2v) is 6.28. The molecule has 0 N–H and O–H groups in total. The molecule has 3 aromatic rings. The molecule has 0 bridgehead atoms. The van der Waals surface area contributed by atoms with Gasteiger partial charge in [-0.3, -0.25) is 9.48 Å². The van der Waals surface area contributed by atoms with Crippen LogP contribution in [0.1, 0.15) is 40.8 Å². The zero-order valence-electron chi connectivity index (χ0n) is 13.8. The Morgan fingerprint density at radius 2 is 2.21 bits per heavy atom. The summed E-state index contributed by atoms with van der Waals surface area (Å²) in [4.78, 5) is 23.0. The molecule has 8 heteroatoms. The van der Waals surface area contributed by atoms with Crippen molar-refractivity contribution in [3.8, 4) is 0 Å². The smallest absolute Gasteiger partial charge is 0.293 e. The van der Waals surface area contributed by atoms with Crippen molar-refractivity contribution in [2.24, 2.45) is 0 Å². The number of carbonyl (C=O) groups is 1. The van der Waals surface area contributed by atoms with Gasteiger partial charge in [-0.25, -0.2) is 9.50 Å². The second kappa shape index (κ2) is 5.70. The molecule has 3 aromatic heterocycles. The molecule has 0 unspecified atom stereocenters. The van der Waals surface area contributed by atoms with Crippen LogP contribution in [0.4, 0.5) is 0 Å². The van der Waals surface area contributed by atoms with Gasteiger partial charge in [0.25, 0.3) is 11.7 Å². The maximum Gasteiger partial charge on any atom is 0.293 e. The average molecular weight is 325 g/mol. The van der Waals surface area contributed by atoms with E-state index < -0.39 is 0 Å². The molecular formula is C16H19N7O. The number of likely N-dealkylation sites (tertiary alicyclic amines) is 1. The van der Waals surface area contributed by atoms with Crippen molar-refractivity contribution in [3.05, 3.63) is 41.7 Å². The number of nitrogens with zero attached hydrogens (tertiary/aromatic N) is 7. The number of hydrogen-bond acceptors (Lipinski definition) is 5. The Morgan fingerprint density at radius 3 is 2.96 bits per heavy atom. The van der Waals surface area contributed by atoms with Crippen LogP contribution in [0.25, 0.3) is 5.78 Å². The van der Waals surface area contributed by atoms with Gasteiger partial charge in [0.1, 0.15) is 0 Å². The molecule has 0 aromatic carbocycles. The summed E-state index contributed by atoms with van der Waals surface area (Å²) in [6, 6.07) is 2.04. The van der Waals surface area contributed by atoms with Crippen molar-refractivity contribution < 1.29 is 4.79 Å². The predicted molar refractivity (Wildman–Crippen MR) is 86.7 cm³/mol. The molecule has 0 spiro atoms. The van der Waals surface area contributed by atoms with Gasteiger partial charge in [-0.1, -0.05) is 0 Å². The van der Waals surface area contributed by atoms with Crippen LogP contribution in [0.15, 0.2) is 24.7 Å². The van der Waals surface area contributed by atoms with Crippen molar-refractivity contribution in [1.29, 1.82) is 0 Å². The van der Waals surface area contributed by atoms with E-state index in [1.165, 1.54) is 0 Å². The highest BCUT2D eigenvalue weighted by atomic mass is 16.2. The standard InChI is InChI=1S/C16H19N7O/c1-11-8-18-22(9-11)13-4-3-7-21(10-13)15(24)14-19-16-17-6-5-12(2)23(16)20-14/h5-6,8-9,13H,3-4,7,10H2,1-2H3/t13-/m0/s1. The van der Waals surface area contributed by atoms with Gasteiger partial charge < -0.3 is 4.90 Å². The monoisotopic (exact) mass is 325 g/mol. The summed E-state index contributed by atoms with van der Waals surface area (Å²) in [5.41, 5.74) is 2.03. The normalized spacial score (nSPS) is 18.2. The number of amides is 1. The number of rotatable bonds is 2. The molecule has 1 saturated heterocycles. The van der Waals surface area contributed by atoms with E-state index in [0.29, 0.717) is 12.3 Å². The summed E-state index contributed by atoms with van der Waals surface area (Å²) < 4.78 is 3.56. The quantitative estimate of drug-likeness (QED) is 0.712. The molecular weight excluding hydrogens is 306 g/mol. The number of carbonyl (C=O) groups excluding carboxylic acids is 1. The Balaban J connectivity index is 1.57. The first-order valence-electron chi connectivity index (χ1n) is 8.10. The summed E-state index contributed by atoms with van der Waals surface area (Å²) in [6.07, 6.45) is 7.50. The lowest BCUT2D eigenvalue weighted by Gasteiger charge is -2.32. The van der Waals surface area contributed by atoms with Gasteiger partial charge in [-0.15, -0.1) is 5.10 Å². The molecule has 1 amide bonds. The van der Waals surface area contributed by atoms with Gasteiger partial charge in [0.2, 0.25) is 5.82 Å². The molecule has 0 aliphatic carbocycles. The van der Waals surface area contributed by atoms with Crippen LogP contribution in [0.2, 0.25) is 0 Å². The number of fused-ring (bicyclic) bond motifs is 1. The third-order valence-electron chi connectivity index (χ3n) is 4.41. The summed E-state index contributed by atoms with van der Waals surface area (Å²) >= 11 is 0. The van der Waals surface area contributed by atoms with E-state index in [4.69, 9.17) is 0 Å². The van der Waals surface area contributed by atoms with Crippen molar-refractivity contribution in [2.45, 2.75) is 32.7 Å². The molecule has 0 radical (unpaired) electrons. The van der Waals surface area contributed by atoms with Gasteiger partial charge in [0, 0.05) is 31.2 Å². The summed E-state index contributed by atoms with van der Waals surface area (Å²) in [5, 5.41) is 8.70. The van der Waals surface area contributed by atoms with Gasteiger partial charge >= 0.3 is 0 Å². The van der Waals surface area contributed by atoms with Crippen molar-refractivity contribution >= 4 is 11.7 Å². The zero-order chi connectivity index (χ0) is 16.7. The van der Waals surface area contributed by atoms with E-state index in [-0.39, 0.29) is 17.8 Å². The Labute approximate surface area is 139 Å². The third kappa shape index (κ3) is 2.53. The van der Waals surface area contributed by atoms with E-state index in [0.717, 1.165) is 30.6 Å². The lowest BCUT2D eigenvalue weighted by atomic mass is 10.1. The van der Waals surface area contributed by atoms with E-state index in [9.17, 15) is 4.79 Å². The highest BCUT2D eigenvalue weighted by Gasteiger charge is 2.28. The molecule has 1 aliphatic heterocycles. The molecule has 1 atom stereocenters. The van der Waals surface area contributed by atoms with Gasteiger partial charge in [-0.05, 0) is 38.3 Å². The molecule has 1 aliphatic rings. The van der Waals surface area contributed by atoms with E-state index >= 15 is 0 Å². The maximum atomic E-state index is 12.8. The predicted octanol–water partition coefficient (Wildman–Crippen LogP) is 1.41. The van der Waals surface area contributed by atoms with Crippen molar-refractivity contribution in [3.63, 3.8) is 0 Å². The van der Waals surface area contributed by atoms with Crippen LogP contribution < -0.4 is 0 Å². The van der Waals surface area contributed by atoms with Crippen LogP contribution >= 0.6 is 0 Å². The number of piperidine rings is 1. The van der Waals surface area contributed by atoms with Crippen molar-refractivity contribution in [2.75, 3.05) is 13.1 Å². The first kappa shape index (κ1) is 14.8. The largest absolute Gasteiger partial charge is 0.334 e. The third-order valence-corrected chi connectivity index (χ3v) is 4.41. The van der Waals surface area contributed by atoms with Gasteiger partial charge in [0.15, 0.2) is 0 Å². The minimum Gasteiger partial charge on any atom is -0.334 e. The lowest BCUT2D eigenvalue weighted by Crippen LogP contribution is -2.41. The van der Waals surface area contributed by atoms with Crippen molar-refractivity contribution in [1.82, 2.24) is 34.3 Å². The van der Waals surface area contributed by atoms with E-state index in [2.05, 4.69) is 20.2 Å². The second-order valence-electron chi connectivity index (χ2n) is 6.28. The Hall–Kier alpha value is -2.77. The Morgan fingerprint density at radius 1 is 1.33 bits per heavy atom. The summed E-state index contributed by atoms with van der Waals surface area (Å²) in [5.74, 6) is 0.511. The fourth-order valence-corrected chi connectivity index (χ4v) is 3.13. The van der Waals surface area contributed by atoms with Crippen LogP contribution in [-0.2, 0) is 0 Å². The van der Waals surface area contributed by atoms with E-state index in [1.807, 2.05) is 41.9 Å². The first-order valence-corrected chi connectivity index (χ1v) is 8.10. The Kier molecular flexibility index (Phi) is 3.51. The molecule has 0 saturated carbocycles. The van der Waals surface area contributed by atoms with E-state index in [1.54, 1.807) is 10.7 Å². The molecule has 24 heavy (non-hydrogen) atoms. The zero-order valence-corrected chi connectivity index (χ0v) is 13.8. The SMILES string of the molecule is Cc1cnn([C@H]2CCCN(C(=O)c3nc4nccc(C)n4n3)C2)c1. The van der Waals surface area contributed by atoms with Crippen LogP contribution in [0.5, 0.6) is 0 Å². The highest BCUT2D eigenvalue weighted by Crippen LogP contribution is 2.22. The molecule has 4 rings (SSSR count). The first-order chi connectivity index (χ1) is 11.6. The lowest BCUT2D eigenvalue weighted by molar-refractivity contribution is 0.0661.